The van der Waals surface area contributed by atoms with Crippen molar-refractivity contribution in [2.45, 2.75) is 17.6 Å². The van der Waals surface area contributed by atoms with Crippen LogP contribution in [0.25, 0.3) is 10.9 Å². The Bertz CT molecular complexity index is 1320. The Labute approximate surface area is 186 Å². The third-order valence-electron chi connectivity index (χ3n) is 5.23. The summed E-state index contributed by atoms with van der Waals surface area (Å²) in [6.45, 7) is 0.816. The molecule has 0 saturated carbocycles. The third kappa shape index (κ3) is 4.51. The summed E-state index contributed by atoms with van der Waals surface area (Å²) in [5, 5.41) is 0.844. The molecule has 0 aliphatic carbocycles. The molecule has 0 unspecified atom stereocenters. The number of benzene rings is 2. The number of hydrogen-bond acceptors (Lipinski definition) is 5. The van der Waals surface area contributed by atoms with Crippen LogP contribution in [-0.2, 0) is 22.7 Å². The monoisotopic (exact) mass is 486 g/mol. The van der Waals surface area contributed by atoms with Crippen molar-refractivity contribution in [1.82, 2.24) is 19.2 Å². The number of nitrogens with one attached hydrogen (secondary N) is 1. The van der Waals surface area contributed by atoms with Gasteiger partial charge in [0, 0.05) is 31.2 Å². The second-order valence-corrected chi connectivity index (χ2v) is 9.69. The summed E-state index contributed by atoms with van der Waals surface area (Å²) in [6.07, 6.45) is -4.78. The second kappa shape index (κ2) is 8.47. The maximum atomic E-state index is 13.3. The highest BCUT2D eigenvalue weighted by atomic mass is 35.5. The van der Waals surface area contributed by atoms with Crippen LogP contribution in [0, 0.1) is 0 Å². The molecule has 1 aromatic heterocycles. The van der Waals surface area contributed by atoms with Crippen LogP contribution >= 0.6 is 11.6 Å². The minimum atomic E-state index is -4.78. The molecule has 0 radical (unpaired) electrons. The van der Waals surface area contributed by atoms with Crippen molar-refractivity contribution < 1.29 is 21.6 Å². The summed E-state index contributed by atoms with van der Waals surface area (Å²) in [6, 6.07) is 8.91. The molecular weight excluding hydrogens is 469 g/mol. The smallest absolute Gasteiger partial charge is 0.309 e. The Balaban J connectivity index is 1.49. The van der Waals surface area contributed by atoms with Gasteiger partial charge in [-0.05, 0) is 30.3 Å². The van der Waals surface area contributed by atoms with Gasteiger partial charge in [-0.25, -0.2) is 13.4 Å². The highest BCUT2D eigenvalue weighted by Crippen LogP contribution is 2.35. The van der Waals surface area contributed by atoms with Crippen LogP contribution in [0.4, 0.5) is 13.2 Å². The molecule has 1 aliphatic rings. The van der Waals surface area contributed by atoms with Gasteiger partial charge < -0.3 is 4.98 Å². The molecule has 0 amide bonds. The Kier molecular flexibility index (Phi) is 6.01. The van der Waals surface area contributed by atoms with Crippen molar-refractivity contribution in [2.75, 3.05) is 26.2 Å². The SMILES string of the molecule is O=c1[nH]c(CN2CCN(S(=O)(=O)c3ccccc3C(F)(F)F)CC2)nc2cc(Cl)ccc12. The van der Waals surface area contributed by atoms with E-state index in [4.69, 9.17) is 11.6 Å². The summed E-state index contributed by atoms with van der Waals surface area (Å²) in [5.41, 5.74) is -1.05. The number of nitrogens with zero attached hydrogens (tertiary/aromatic N) is 3. The van der Waals surface area contributed by atoms with Gasteiger partial charge in [0.05, 0.1) is 27.9 Å². The van der Waals surface area contributed by atoms with E-state index >= 15 is 0 Å². The fourth-order valence-corrected chi connectivity index (χ4v) is 5.44. The van der Waals surface area contributed by atoms with Crippen molar-refractivity contribution in [1.29, 1.82) is 0 Å². The van der Waals surface area contributed by atoms with Crippen LogP contribution in [0.2, 0.25) is 5.02 Å². The van der Waals surface area contributed by atoms with Gasteiger partial charge in [-0.15, -0.1) is 0 Å². The summed E-state index contributed by atoms with van der Waals surface area (Å²) in [4.78, 5) is 20.5. The van der Waals surface area contributed by atoms with Gasteiger partial charge in [-0.3, -0.25) is 9.69 Å². The van der Waals surface area contributed by atoms with Crippen molar-refractivity contribution >= 4 is 32.5 Å². The van der Waals surface area contributed by atoms with E-state index in [0.717, 1.165) is 22.5 Å². The minimum absolute atomic E-state index is 0.0121. The number of halogens is 4. The Hall–Kier alpha value is -2.47. The Morgan fingerprint density at radius 2 is 1.75 bits per heavy atom. The molecule has 12 heteroatoms. The van der Waals surface area contributed by atoms with Crippen LogP contribution in [0.1, 0.15) is 11.4 Å². The van der Waals surface area contributed by atoms with Gasteiger partial charge in [0.1, 0.15) is 5.82 Å². The number of sulfonamides is 1. The lowest BCUT2D eigenvalue weighted by Crippen LogP contribution is -2.48. The lowest BCUT2D eigenvalue weighted by molar-refractivity contribution is -0.139. The van der Waals surface area contributed by atoms with Gasteiger partial charge in [0.25, 0.3) is 5.56 Å². The normalized spacial score (nSPS) is 16.5. The molecule has 7 nitrogen and oxygen atoms in total. The zero-order valence-electron chi connectivity index (χ0n) is 16.6. The van der Waals surface area contributed by atoms with E-state index in [1.165, 1.54) is 6.07 Å². The van der Waals surface area contributed by atoms with E-state index < -0.39 is 26.7 Å². The highest BCUT2D eigenvalue weighted by Gasteiger charge is 2.39. The van der Waals surface area contributed by atoms with Gasteiger partial charge in [0.15, 0.2) is 0 Å². The number of rotatable bonds is 4. The van der Waals surface area contributed by atoms with Crippen LogP contribution in [0.3, 0.4) is 0 Å². The fourth-order valence-electron chi connectivity index (χ4n) is 3.64. The number of aromatic amines is 1. The van der Waals surface area contributed by atoms with Gasteiger partial charge in [0.2, 0.25) is 10.0 Å². The highest BCUT2D eigenvalue weighted by molar-refractivity contribution is 7.89. The quantitative estimate of drug-likeness (QED) is 0.612. The van der Waals surface area contributed by atoms with E-state index in [9.17, 15) is 26.4 Å². The largest absolute Gasteiger partial charge is 0.417 e. The van der Waals surface area contributed by atoms with Crippen LogP contribution in [-0.4, -0.2) is 53.8 Å². The van der Waals surface area contributed by atoms with Crippen molar-refractivity contribution in [3.05, 3.63) is 69.2 Å². The first-order valence-corrected chi connectivity index (χ1v) is 11.4. The maximum absolute atomic E-state index is 13.3. The van der Waals surface area contributed by atoms with E-state index in [0.29, 0.717) is 21.7 Å². The van der Waals surface area contributed by atoms with Gasteiger partial charge in [-0.1, -0.05) is 23.7 Å². The summed E-state index contributed by atoms with van der Waals surface area (Å²) in [7, 11) is -4.31. The fraction of sp³-hybridized carbons (Fsp3) is 0.300. The molecule has 0 bridgehead atoms. The average molecular weight is 487 g/mol. The molecule has 1 saturated heterocycles. The topological polar surface area (TPSA) is 86.4 Å². The van der Waals surface area contributed by atoms with E-state index in [1.807, 2.05) is 4.90 Å². The number of H-pyrrole nitrogens is 1. The summed E-state index contributed by atoms with van der Waals surface area (Å²) < 4.78 is 66.7. The Morgan fingerprint density at radius 3 is 2.44 bits per heavy atom. The summed E-state index contributed by atoms with van der Waals surface area (Å²) >= 11 is 5.97. The van der Waals surface area contributed by atoms with Crippen LogP contribution in [0.5, 0.6) is 0 Å². The molecule has 32 heavy (non-hydrogen) atoms. The number of alkyl halides is 3. The van der Waals surface area contributed by atoms with E-state index in [1.54, 1.807) is 18.2 Å². The standard InChI is InChI=1S/C20H18ClF3N4O3S/c21-13-5-6-14-16(11-13)25-18(26-19(14)29)12-27-7-9-28(10-8-27)32(30,31)17-4-2-1-3-15(17)20(22,23)24/h1-6,11H,7-10,12H2,(H,25,26,29). The predicted octanol–water partition coefficient (Wildman–Crippen LogP) is 3.10. The average Bonchev–Trinajstić information content (AvgIpc) is 2.73. The van der Waals surface area contributed by atoms with Crippen molar-refractivity contribution in [3.8, 4) is 0 Å². The third-order valence-corrected chi connectivity index (χ3v) is 7.42. The molecule has 0 spiro atoms. The maximum Gasteiger partial charge on any atom is 0.417 e. The first-order chi connectivity index (χ1) is 15.1. The van der Waals surface area contributed by atoms with Crippen molar-refractivity contribution in [2.24, 2.45) is 0 Å². The molecule has 2 heterocycles. The minimum Gasteiger partial charge on any atom is -0.309 e. The van der Waals surface area contributed by atoms with Crippen LogP contribution in [0.15, 0.2) is 52.2 Å². The van der Waals surface area contributed by atoms with Crippen molar-refractivity contribution in [3.63, 3.8) is 0 Å². The van der Waals surface area contributed by atoms with Crippen LogP contribution < -0.4 is 5.56 Å². The zero-order chi connectivity index (χ0) is 23.1. The molecule has 1 N–H and O–H groups in total. The number of fused-ring (bicyclic) bond motifs is 1. The van der Waals surface area contributed by atoms with E-state index in [2.05, 4.69) is 9.97 Å². The first-order valence-electron chi connectivity index (χ1n) is 9.63. The molecule has 1 aliphatic heterocycles. The molecular formula is C20H18ClF3N4O3S. The lowest BCUT2D eigenvalue weighted by atomic mass is 10.2. The number of piperazine rings is 1. The van der Waals surface area contributed by atoms with Gasteiger partial charge in [-0.2, -0.15) is 17.5 Å². The number of aromatic nitrogens is 2. The molecule has 4 rings (SSSR count). The zero-order valence-corrected chi connectivity index (χ0v) is 18.1. The van der Waals surface area contributed by atoms with Gasteiger partial charge >= 0.3 is 6.18 Å². The molecule has 3 aromatic rings. The molecule has 1 fully saturated rings. The lowest BCUT2D eigenvalue weighted by Gasteiger charge is -2.34. The molecule has 0 atom stereocenters. The second-order valence-electron chi connectivity index (χ2n) is 7.35. The summed E-state index contributed by atoms with van der Waals surface area (Å²) in [5.74, 6) is 0.392. The molecule has 2 aromatic carbocycles. The Morgan fingerprint density at radius 1 is 1.06 bits per heavy atom. The first kappa shape index (κ1) is 22.7. The van der Waals surface area contributed by atoms with E-state index in [-0.39, 0.29) is 38.3 Å². The number of hydrogen-bond donors (Lipinski definition) is 1. The predicted molar refractivity (Wildman–Crippen MR) is 113 cm³/mol. The molecule has 170 valence electrons.